The van der Waals surface area contributed by atoms with E-state index in [-0.39, 0.29) is 16.4 Å². The Morgan fingerprint density at radius 1 is 1.03 bits per heavy atom. The predicted molar refractivity (Wildman–Crippen MR) is 97.0 cm³/mol. The number of hydrogen-bond acceptors (Lipinski definition) is 9. The molecule has 2 heterocycles. The van der Waals surface area contributed by atoms with E-state index < -0.39 is 70.8 Å². The van der Waals surface area contributed by atoms with Crippen molar-refractivity contribution in [2.24, 2.45) is 0 Å². The lowest BCUT2D eigenvalue weighted by Gasteiger charge is -2.36. The van der Waals surface area contributed by atoms with Gasteiger partial charge in [-0.15, -0.1) is 0 Å². The van der Waals surface area contributed by atoms with Gasteiger partial charge < -0.3 is 20.6 Å². The van der Waals surface area contributed by atoms with Gasteiger partial charge in [0.1, 0.15) is 6.04 Å². The third-order valence-corrected chi connectivity index (χ3v) is 5.77. The fourth-order valence-electron chi connectivity index (χ4n) is 2.83. The predicted octanol–water partition coefficient (Wildman–Crippen LogP) is -1.59. The van der Waals surface area contributed by atoms with Gasteiger partial charge >= 0.3 is 28.4 Å². The molecule has 2 aliphatic rings. The van der Waals surface area contributed by atoms with E-state index in [0.717, 1.165) is 18.2 Å². The number of aromatic hydroxyl groups is 2. The number of phenols is 2. The lowest BCUT2D eigenvalue weighted by molar-refractivity contribution is -0.138. The zero-order valence-electron chi connectivity index (χ0n) is 15.4. The van der Waals surface area contributed by atoms with Gasteiger partial charge in [0.15, 0.2) is 11.5 Å². The van der Waals surface area contributed by atoms with Gasteiger partial charge in [-0.2, -0.15) is 8.42 Å². The van der Waals surface area contributed by atoms with Gasteiger partial charge in [0.2, 0.25) is 0 Å². The molecule has 2 aliphatic heterocycles. The van der Waals surface area contributed by atoms with Crippen LogP contribution in [0.25, 0.3) is 0 Å². The molecular weight excluding hydrogens is 442 g/mol. The van der Waals surface area contributed by atoms with Crippen molar-refractivity contribution in [3.63, 3.8) is 0 Å². The van der Waals surface area contributed by atoms with Gasteiger partial charge in [-0.25, -0.2) is 23.4 Å². The van der Waals surface area contributed by atoms with Gasteiger partial charge in [0.05, 0.1) is 13.1 Å². The number of carbonyl (C=O) groups excluding carboxylic acids is 4. The summed E-state index contributed by atoms with van der Waals surface area (Å²) >= 11 is 0. The Labute approximate surface area is 173 Å². The highest BCUT2D eigenvalue weighted by atomic mass is 32.2. The Hall–Kier alpha value is -4.08. The van der Waals surface area contributed by atoms with Crippen molar-refractivity contribution in [3.8, 4) is 11.5 Å². The first-order chi connectivity index (χ1) is 14.4. The summed E-state index contributed by atoms with van der Waals surface area (Å²) in [4.78, 5) is 60.1. The second-order valence-corrected chi connectivity index (χ2v) is 7.97. The normalized spacial score (nSPS) is 18.6. The SMILES string of the molecule is O=C(O)N[C@H]1CN(C(=O)NS(=O)(=O)N2CCN(C(=O)c3ccc(O)c(O)c3)C2=O)C1=O. The summed E-state index contributed by atoms with van der Waals surface area (Å²) in [6, 6.07) is -0.863. The summed E-state index contributed by atoms with van der Waals surface area (Å²) in [5.74, 6) is -3.06. The molecule has 5 N–H and O–H groups in total. The number of rotatable bonds is 4. The van der Waals surface area contributed by atoms with Gasteiger partial charge in [0.25, 0.3) is 11.8 Å². The second-order valence-electron chi connectivity index (χ2n) is 6.38. The maximum Gasteiger partial charge on any atom is 0.405 e. The molecule has 1 atom stereocenters. The van der Waals surface area contributed by atoms with Gasteiger partial charge in [0, 0.05) is 12.1 Å². The van der Waals surface area contributed by atoms with Crippen LogP contribution in [0.1, 0.15) is 10.4 Å². The van der Waals surface area contributed by atoms with Crippen LogP contribution in [-0.4, -0.2) is 93.5 Å². The minimum atomic E-state index is -4.79. The highest BCUT2D eigenvalue weighted by Gasteiger charge is 2.46. The Morgan fingerprint density at radius 2 is 1.71 bits per heavy atom. The third kappa shape index (κ3) is 4.00. The first-order valence-electron chi connectivity index (χ1n) is 8.45. The van der Waals surface area contributed by atoms with Crippen LogP contribution in [0, 0.1) is 0 Å². The second kappa shape index (κ2) is 7.63. The van der Waals surface area contributed by atoms with E-state index in [1.807, 2.05) is 5.32 Å². The molecule has 7 amide bonds. The summed E-state index contributed by atoms with van der Waals surface area (Å²) < 4.78 is 26.5. The number of hydrogen-bond donors (Lipinski definition) is 5. The minimum Gasteiger partial charge on any atom is -0.504 e. The fourth-order valence-corrected chi connectivity index (χ4v) is 3.89. The summed E-state index contributed by atoms with van der Waals surface area (Å²) in [7, 11) is -4.79. The van der Waals surface area contributed by atoms with Crippen LogP contribution in [0.4, 0.5) is 14.4 Å². The molecule has 31 heavy (non-hydrogen) atoms. The van der Waals surface area contributed by atoms with Crippen LogP contribution in [0.5, 0.6) is 11.5 Å². The van der Waals surface area contributed by atoms with Crippen molar-refractivity contribution < 1.29 is 47.7 Å². The van der Waals surface area contributed by atoms with E-state index >= 15 is 0 Å². The summed E-state index contributed by atoms with van der Waals surface area (Å²) in [5.41, 5.74) is -0.199. The molecule has 2 saturated heterocycles. The molecule has 0 saturated carbocycles. The van der Waals surface area contributed by atoms with Crippen molar-refractivity contribution in [3.05, 3.63) is 23.8 Å². The van der Waals surface area contributed by atoms with E-state index in [0.29, 0.717) is 9.80 Å². The van der Waals surface area contributed by atoms with E-state index in [1.165, 1.54) is 4.72 Å². The molecule has 1 aromatic rings. The number of imide groups is 2. The lowest BCUT2D eigenvalue weighted by Crippen LogP contribution is -2.67. The minimum absolute atomic E-state index is 0.199. The number of nitrogens with one attached hydrogen (secondary N) is 2. The van der Waals surface area contributed by atoms with Gasteiger partial charge in [-0.3, -0.25) is 19.4 Å². The van der Waals surface area contributed by atoms with Crippen molar-refractivity contribution in [2.75, 3.05) is 19.6 Å². The number of nitrogens with zero attached hydrogens (tertiary/aromatic N) is 3. The highest BCUT2D eigenvalue weighted by Crippen LogP contribution is 2.26. The molecule has 3 rings (SSSR count). The zero-order valence-corrected chi connectivity index (χ0v) is 16.2. The zero-order chi connectivity index (χ0) is 23.1. The average Bonchev–Trinajstić information content (AvgIpc) is 3.07. The Kier molecular flexibility index (Phi) is 5.32. The number of likely N-dealkylation sites (tertiary alicyclic amines) is 1. The molecule has 0 aromatic heterocycles. The average molecular weight is 457 g/mol. The highest BCUT2D eigenvalue weighted by molar-refractivity contribution is 7.88. The number of carbonyl (C=O) groups is 5. The molecule has 166 valence electrons. The molecule has 15 nitrogen and oxygen atoms in total. The number of carboxylic acid groups (broad SMARTS) is 1. The maximum atomic E-state index is 12.4. The van der Waals surface area contributed by atoms with E-state index in [2.05, 4.69) is 0 Å². The smallest absolute Gasteiger partial charge is 0.405 e. The van der Waals surface area contributed by atoms with E-state index in [1.54, 1.807) is 0 Å². The fraction of sp³-hybridized carbons (Fsp3) is 0.267. The lowest BCUT2D eigenvalue weighted by atomic mass is 10.1. The van der Waals surface area contributed by atoms with Crippen LogP contribution in [0.2, 0.25) is 0 Å². The number of amides is 7. The Balaban J connectivity index is 1.66. The van der Waals surface area contributed by atoms with Gasteiger partial charge in [-0.05, 0) is 18.2 Å². The largest absolute Gasteiger partial charge is 0.504 e. The van der Waals surface area contributed by atoms with Crippen molar-refractivity contribution in [2.45, 2.75) is 6.04 Å². The first kappa shape index (κ1) is 21.6. The topological polar surface area (TPSA) is 214 Å². The number of phenolic OH excluding ortho intramolecular Hbond substituents is 2. The van der Waals surface area contributed by atoms with Crippen LogP contribution >= 0.6 is 0 Å². The summed E-state index contributed by atoms with van der Waals surface area (Å²) in [5, 5.41) is 29.2. The van der Waals surface area contributed by atoms with Gasteiger partial charge in [-0.1, -0.05) is 0 Å². The summed E-state index contributed by atoms with van der Waals surface area (Å²) in [6.45, 7) is -1.26. The van der Waals surface area contributed by atoms with Crippen LogP contribution in [0.3, 0.4) is 0 Å². The molecule has 0 unspecified atom stereocenters. The summed E-state index contributed by atoms with van der Waals surface area (Å²) in [6.07, 6.45) is -1.50. The van der Waals surface area contributed by atoms with Crippen LogP contribution in [-0.2, 0) is 15.0 Å². The maximum absolute atomic E-state index is 12.4. The van der Waals surface area contributed by atoms with Crippen LogP contribution < -0.4 is 10.0 Å². The monoisotopic (exact) mass is 457 g/mol. The molecule has 16 heteroatoms. The standard InChI is InChI=1S/C15H15N5O10S/c21-9-2-1-7(5-10(9)22)11(23)18-3-4-20(15(18)28)31(29,30)17-13(25)19-6-8(12(19)24)16-14(26)27/h1-2,5,8,16,21-22H,3-4,6H2,(H,17,25)(H,26,27)/t8-/m0/s1. The molecule has 0 spiro atoms. The quantitative estimate of drug-likeness (QED) is 0.258. The van der Waals surface area contributed by atoms with Crippen LogP contribution in [0.15, 0.2) is 18.2 Å². The molecule has 0 bridgehead atoms. The molecule has 1 aromatic carbocycles. The van der Waals surface area contributed by atoms with Crippen molar-refractivity contribution >= 4 is 40.2 Å². The van der Waals surface area contributed by atoms with E-state index in [9.17, 15) is 42.6 Å². The Bertz CT molecular complexity index is 1100. The number of β-lactam (4-membered cyclic amide) rings is 1. The third-order valence-electron chi connectivity index (χ3n) is 4.42. The molecule has 0 aliphatic carbocycles. The van der Waals surface area contributed by atoms with Crippen molar-refractivity contribution in [1.29, 1.82) is 0 Å². The molecule has 0 radical (unpaired) electrons. The molecular formula is C15H15N5O10S. The molecule has 2 fully saturated rings. The number of urea groups is 2. The number of benzene rings is 1. The van der Waals surface area contributed by atoms with Crippen molar-refractivity contribution in [1.82, 2.24) is 24.1 Å². The van der Waals surface area contributed by atoms with E-state index in [4.69, 9.17) is 5.11 Å². The Morgan fingerprint density at radius 3 is 2.29 bits per heavy atom. The first-order valence-corrected chi connectivity index (χ1v) is 9.89.